The summed E-state index contributed by atoms with van der Waals surface area (Å²) < 4.78 is 1.62. The Morgan fingerprint density at radius 1 is 1.00 bits per heavy atom. The molecule has 3 aromatic rings. The van der Waals surface area contributed by atoms with Crippen molar-refractivity contribution >= 4 is 22.8 Å². The van der Waals surface area contributed by atoms with Crippen LogP contribution in [-0.4, -0.2) is 39.0 Å². The van der Waals surface area contributed by atoms with Gasteiger partial charge in [-0.15, -0.1) is 0 Å². The fourth-order valence-electron chi connectivity index (χ4n) is 3.44. The predicted molar refractivity (Wildman–Crippen MR) is 99.2 cm³/mol. The highest BCUT2D eigenvalue weighted by atomic mass is 16.2. The molecule has 1 aromatic heterocycles. The third kappa shape index (κ3) is 3.06. The minimum atomic E-state index is -0.474. The van der Waals surface area contributed by atoms with Crippen molar-refractivity contribution in [2.45, 2.75) is 25.3 Å². The Balaban J connectivity index is 1.56. The molecular formula is C20H20N4O2. The maximum Gasteiger partial charge on any atom is 0.261 e. The van der Waals surface area contributed by atoms with Crippen LogP contribution in [0.2, 0.25) is 0 Å². The number of rotatable bonds is 3. The first-order valence-corrected chi connectivity index (χ1v) is 8.83. The zero-order chi connectivity index (χ0) is 17.9. The molecule has 1 N–H and O–H groups in total. The fourth-order valence-corrected chi connectivity index (χ4v) is 3.44. The maximum atomic E-state index is 12.9. The molecule has 1 atom stereocenters. The van der Waals surface area contributed by atoms with E-state index in [1.54, 1.807) is 28.0 Å². The number of hydrogen-bond donors (Lipinski definition) is 1. The van der Waals surface area contributed by atoms with Crippen LogP contribution in [0, 0.1) is 0 Å². The summed E-state index contributed by atoms with van der Waals surface area (Å²) in [6.45, 7) is 0.594. The van der Waals surface area contributed by atoms with Crippen molar-refractivity contribution < 1.29 is 9.59 Å². The van der Waals surface area contributed by atoms with E-state index in [0.29, 0.717) is 18.5 Å². The molecule has 1 aliphatic rings. The second kappa shape index (κ2) is 7.00. The van der Waals surface area contributed by atoms with E-state index in [9.17, 15) is 9.59 Å². The Labute approximate surface area is 151 Å². The average Bonchev–Trinajstić information content (AvgIpc) is 3.11. The molecule has 1 aliphatic heterocycles. The summed E-state index contributed by atoms with van der Waals surface area (Å²) in [5.74, 6) is -0.280. The molecule has 26 heavy (non-hydrogen) atoms. The predicted octanol–water partition coefficient (Wildman–Crippen LogP) is 2.80. The van der Waals surface area contributed by atoms with E-state index in [-0.39, 0.29) is 11.8 Å². The number of amides is 2. The standard InChI is InChI=1S/C20H20N4O2/c25-19(22-24-14-21-16-10-4-5-11-17(16)24)18-12-6-7-13-23(18)20(26)15-8-2-1-3-9-15/h1-5,8-11,14,18H,6-7,12-13H2,(H,22,25). The van der Waals surface area contributed by atoms with Crippen LogP contribution in [0.15, 0.2) is 60.9 Å². The first kappa shape index (κ1) is 16.3. The summed E-state index contributed by atoms with van der Waals surface area (Å²) >= 11 is 0. The van der Waals surface area contributed by atoms with Crippen LogP contribution in [-0.2, 0) is 4.79 Å². The number of carbonyl (C=O) groups is 2. The largest absolute Gasteiger partial charge is 0.327 e. The smallest absolute Gasteiger partial charge is 0.261 e. The van der Waals surface area contributed by atoms with Gasteiger partial charge in [0.15, 0.2) is 0 Å². The molecule has 0 aliphatic carbocycles. The van der Waals surface area contributed by atoms with Gasteiger partial charge >= 0.3 is 0 Å². The zero-order valence-electron chi connectivity index (χ0n) is 14.3. The van der Waals surface area contributed by atoms with Gasteiger partial charge in [-0.05, 0) is 43.5 Å². The average molecular weight is 348 g/mol. The number of hydrogen-bond acceptors (Lipinski definition) is 3. The van der Waals surface area contributed by atoms with Gasteiger partial charge in [0.2, 0.25) is 0 Å². The molecule has 2 amide bonds. The summed E-state index contributed by atoms with van der Waals surface area (Å²) in [6.07, 6.45) is 4.10. The van der Waals surface area contributed by atoms with Crippen molar-refractivity contribution in [2.24, 2.45) is 0 Å². The van der Waals surface area contributed by atoms with Crippen molar-refractivity contribution in [3.05, 3.63) is 66.5 Å². The summed E-state index contributed by atoms with van der Waals surface area (Å²) in [4.78, 5) is 31.7. The number of likely N-dealkylation sites (tertiary alicyclic amines) is 1. The third-order valence-corrected chi connectivity index (χ3v) is 4.77. The van der Waals surface area contributed by atoms with E-state index in [0.717, 1.165) is 23.9 Å². The third-order valence-electron chi connectivity index (χ3n) is 4.77. The monoisotopic (exact) mass is 348 g/mol. The second-order valence-corrected chi connectivity index (χ2v) is 6.46. The highest BCUT2D eigenvalue weighted by Crippen LogP contribution is 2.21. The SMILES string of the molecule is O=C(Nn1cnc2ccccc21)C1CCCCN1C(=O)c1ccccc1. The molecule has 0 radical (unpaired) electrons. The first-order valence-electron chi connectivity index (χ1n) is 8.83. The number of nitrogens with one attached hydrogen (secondary N) is 1. The van der Waals surface area contributed by atoms with Crippen LogP contribution in [0.1, 0.15) is 29.6 Å². The number of aromatic nitrogens is 2. The van der Waals surface area contributed by atoms with Crippen molar-refractivity contribution in [1.82, 2.24) is 14.6 Å². The summed E-state index contributed by atoms with van der Waals surface area (Å²) in [5.41, 5.74) is 5.15. The molecule has 1 unspecified atom stereocenters. The number of para-hydroxylation sites is 2. The molecule has 0 spiro atoms. The fraction of sp³-hybridized carbons (Fsp3) is 0.250. The van der Waals surface area contributed by atoms with Crippen molar-refractivity contribution in [3.8, 4) is 0 Å². The van der Waals surface area contributed by atoms with Gasteiger partial charge in [-0.2, -0.15) is 0 Å². The highest BCUT2D eigenvalue weighted by molar-refractivity contribution is 5.99. The van der Waals surface area contributed by atoms with Gasteiger partial charge in [0.1, 0.15) is 12.4 Å². The van der Waals surface area contributed by atoms with E-state index in [2.05, 4.69) is 10.4 Å². The van der Waals surface area contributed by atoms with Gasteiger partial charge in [-0.25, -0.2) is 9.66 Å². The van der Waals surface area contributed by atoms with Gasteiger partial charge in [-0.1, -0.05) is 30.3 Å². The number of nitrogens with zero attached hydrogens (tertiary/aromatic N) is 3. The molecule has 0 saturated carbocycles. The van der Waals surface area contributed by atoms with E-state index in [4.69, 9.17) is 0 Å². The number of benzene rings is 2. The summed E-state index contributed by atoms with van der Waals surface area (Å²) in [6, 6.07) is 16.2. The quantitative estimate of drug-likeness (QED) is 0.791. The number of fused-ring (bicyclic) bond motifs is 1. The minimum absolute atomic E-state index is 0.0964. The van der Waals surface area contributed by atoms with E-state index in [1.807, 2.05) is 42.5 Å². The second-order valence-electron chi connectivity index (χ2n) is 6.46. The lowest BCUT2D eigenvalue weighted by molar-refractivity contribution is -0.122. The molecule has 6 nitrogen and oxygen atoms in total. The Morgan fingerprint density at radius 3 is 2.62 bits per heavy atom. The molecule has 0 bridgehead atoms. The molecule has 132 valence electrons. The highest BCUT2D eigenvalue weighted by Gasteiger charge is 2.32. The van der Waals surface area contributed by atoms with Crippen LogP contribution < -0.4 is 5.43 Å². The van der Waals surface area contributed by atoms with Gasteiger partial charge < -0.3 is 4.90 Å². The molecular weight excluding hydrogens is 328 g/mol. The molecule has 2 aromatic carbocycles. The van der Waals surface area contributed by atoms with E-state index < -0.39 is 6.04 Å². The van der Waals surface area contributed by atoms with Gasteiger partial charge in [0.25, 0.3) is 11.8 Å². The number of carbonyl (C=O) groups excluding carboxylic acids is 2. The van der Waals surface area contributed by atoms with Crippen LogP contribution >= 0.6 is 0 Å². The number of imidazole rings is 1. The molecule has 1 saturated heterocycles. The number of piperidine rings is 1. The van der Waals surface area contributed by atoms with Crippen LogP contribution in [0.5, 0.6) is 0 Å². The van der Waals surface area contributed by atoms with E-state index in [1.165, 1.54) is 0 Å². The molecule has 4 rings (SSSR count). The van der Waals surface area contributed by atoms with Gasteiger partial charge in [0.05, 0.1) is 11.0 Å². The lowest BCUT2D eigenvalue weighted by Crippen LogP contribution is -2.51. The normalized spacial score (nSPS) is 17.2. The lowest BCUT2D eigenvalue weighted by atomic mass is 10.00. The minimum Gasteiger partial charge on any atom is -0.327 e. The van der Waals surface area contributed by atoms with Crippen LogP contribution in [0.4, 0.5) is 0 Å². The molecule has 1 fully saturated rings. The lowest BCUT2D eigenvalue weighted by Gasteiger charge is -2.34. The Bertz CT molecular complexity index is 935. The Kier molecular flexibility index (Phi) is 4.39. The topological polar surface area (TPSA) is 67.2 Å². The van der Waals surface area contributed by atoms with Gasteiger partial charge in [0, 0.05) is 12.1 Å². The molecule has 2 heterocycles. The van der Waals surface area contributed by atoms with Crippen LogP contribution in [0.25, 0.3) is 11.0 Å². The summed E-state index contributed by atoms with van der Waals surface area (Å²) in [7, 11) is 0. The van der Waals surface area contributed by atoms with E-state index >= 15 is 0 Å². The van der Waals surface area contributed by atoms with Gasteiger partial charge in [-0.3, -0.25) is 15.0 Å². The van der Waals surface area contributed by atoms with Crippen molar-refractivity contribution in [3.63, 3.8) is 0 Å². The Morgan fingerprint density at radius 2 is 1.77 bits per heavy atom. The maximum absolute atomic E-state index is 12.9. The first-order chi connectivity index (χ1) is 12.7. The zero-order valence-corrected chi connectivity index (χ0v) is 14.3. The molecule has 6 heteroatoms. The van der Waals surface area contributed by atoms with Crippen LogP contribution in [0.3, 0.4) is 0 Å². The van der Waals surface area contributed by atoms with Crippen molar-refractivity contribution in [1.29, 1.82) is 0 Å². The Hall–Kier alpha value is -3.15. The summed E-state index contributed by atoms with van der Waals surface area (Å²) in [5, 5.41) is 0. The van der Waals surface area contributed by atoms with Crippen molar-refractivity contribution in [2.75, 3.05) is 12.0 Å².